The molecule has 1 N–H and O–H groups in total. The van der Waals surface area contributed by atoms with E-state index in [-0.39, 0.29) is 24.6 Å². The van der Waals surface area contributed by atoms with Gasteiger partial charge in [0.25, 0.3) is 0 Å². The number of phenolic OH excluding ortho intramolecular Hbond substituents is 1. The second-order valence-electron chi connectivity index (χ2n) is 3.37. The molecule has 0 aliphatic carbocycles. The summed E-state index contributed by atoms with van der Waals surface area (Å²) in [6.45, 7) is 1.96. The van der Waals surface area contributed by atoms with Gasteiger partial charge in [-0.1, -0.05) is 18.2 Å². The third-order valence-electron chi connectivity index (χ3n) is 1.98. The van der Waals surface area contributed by atoms with E-state index in [0.717, 1.165) is 5.56 Å². The Kier molecular flexibility index (Phi) is 4.94. The Morgan fingerprint density at radius 2 is 1.94 bits per heavy atom. The highest BCUT2D eigenvalue weighted by atomic mass is 16.5. The van der Waals surface area contributed by atoms with Gasteiger partial charge in [0.15, 0.2) is 5.78 Å². The average molecular weight is 234 g/mol. The average Bonchev–Trinajstić information content (AvgIpc) is 2.28. The number of hydrogen-bond donors (Lipinski definition) is 1. The number of ketones is 1. The summed E-state index contributed by atoms with van der Waals surface area (Å²) in [6.07, 6.45) is 2.66. The van der Waals surface area contributed by atoms with Gasteiger partial charge in [0.2, 0.25) is 0 Å². The Balaban J connectivity index is 2.50. The molecule has 0 aliphatic heterocycles. The first-order chi connectivity index (χ1) is 8.11. The van der Waals surface area contributed by atoms with Gasteiger partial charge in [0.05, 0.1) is 6.61 Å². The lowest BCUT2D eigenvalue weighted by Crippen LogP contribution is -2.08. The molecule has 1 aromatic rings. The first-order valence-corrected chi connectivity index (χ1v) is 5.27. The summed E-state index contributed by atoms with van der Waals surface area (Å²) >= 11 is 0. The van der Waals surface area contributed by atoms with E-state index in [2.05, 4.69) is 4.74 Å². The minimum atomic E-state index is -0.521. The van der Waals surface area contributed by atoms with Crippen molar-refractivity contribution in [3.05, 3.63) is 35.9 Å². The summed E-state index contributed by atoms with van der Waals surface area (Å²) in [5, 5.41) is 9.06. The molecule has 4 heteroatoms. The second kappa shape index (κ2) is 6.48. The summed E-state index contributed by atoms with van der Waals surface area (Å²) in [5.41, 5.74) is 0.778. The number of rotatable bonds is 5. The van der Waals surface area contributed by atoms with Gasteiger partial charge in [-0.25, -0.2) is 0 Å². The van der Waals surface area contributed by atoms with Crippen LogP contribution in [0.15, 0.2) is 30.3 Å². The van der Waals surface area contributed by atoms with E-state index in [1.807, 2.05) is 0 Å². The summed E-state index contributed by atoms with van der Waals surface area (Å²) in [7, 11) is 0. The Morgan fingerprint density at radius 3 is 2.53 bits per heavy atom. The molecule has 0 radical (unpaired) electrons. The van der Waals surface area contributed by atoms with Crippen LogP contribution in [0.5, 0.6) is 5.75 Å². The molecule has 90 valence electrons. The zero-order chi connectivity index (χ0) is 12.7. The first-order valence-electron chi connectivity index (χ1n) is 5.27. The number of phenols is 1. The van der Waals surface area contributed by atoms with Gasteiger partial charge in [-0.15, -0.1) is 0 Å². The van der Waals surface area contributed by atoms with Crippen LogP contribution in [0.1, 0.15) is 18.9 Å². The molecule has 0 amide bonds. The number of hydrogen-bond acceptors (Lipinski definition) is 4. The van der Waals surface area contributed by atoms with Crippen molar-refractivity contribution in [3.63, 3.8) is 0 Å². The second-order valence-corrected chi connectivity index (χ2v) is 3.37. The van der Waals surface area contributed by atoms with E-state index in [9.17, 15) is 9.59 Å². The van der Waals surface area contributed by atoms with Crippen molar-refractivity contribution in [1.29, 1.82) is 0 Å². The van der Waals surface area contributed by atoms with Gasteiger partial charge in [-0.05, 0) is 30.7 Å². The van der Waals surface area contributed by atoms with E-state index in [0.29, 0.717) is 0 Å². The van der Waals surface area contributed by atoms with Crippen molar-refractivity contribution < 1.29 is 19.4 Å². The fourth-order valence-corrected chi connectivity index (χ4v) is 1.19. The number of allylic oxidation sites excluding steroid dienone is 1. The molecule has 0 heterocycles. The Labute approximate surface area is 99.5 Å². The van der Waals surface area contributed by atoms with Crippen LogP contribution < -0.4 is 0 Å². The normalized spacial score (nSPS) is 10.4. The van der Waals surface area contributed by atoms with Crippen molar-refractivity contribution >= 4 is 17.8 Å². The van der Waals surface area contributed by atoms with Gasteiger partial charge in [0, 0.05) is 0 Å². The topological polar surface area (TPSA) is 63.6 Å². The number of ether oxygens (including phenoxy) is 1. The highest BCUT2D eigenvalue weighted by Crippen LogP contribution is 2.10. The lowest BCUT2D eigenvalue weighted by atomic mass is 10.1. The fraction of sp³-hybridized carbons (Fsp3) is 0.231. The lowest BCUT2D eigenvalue weighted by molar-refractivity contribution is -0.144. The molecular formula is C13H14O4. The van der Waals surface area contributed by atoms with Crippen molar-refractivity contribution in [2.24, 2.45) is 0 Å². The van der Waals surface area contributed by atoms with Crippen LogP contribution in [0, 0.1) is 0 Å². The van der Waals surface area contributed by atoms with Crippen LogP contribution in [0.2, 0.25) is 0 Å². The number of esters is 1. The number of carbonyl (C=O) groups excluding carboxylic acids is 2. The summed E-state index contributed by atoms with van der Waals surface area (Å²) in [6, 6.07) is 6.39. The summed E-state index contributed by atoms with van der Waals surface area (Å²) in [4.78, 5) is 22.3. The number of benzene rings is 1. The molecule has 0 saturated heterocycles. The fourth-order valence-electron chi connectivity index (χ4n) is 1.19. The monoisotopic (exact) mass is 234 g/mol. The van der Waals surface area contributed by atoms with Crippen molar-refractivity contribution in [2.75, 3.05) is 6.61 Å². The van der Waals surface area contributed by atoms with E-state index >= 15 is 0 Å². The molecule has 0 aromatic heterocycles. The highest BCUT2D eigenvalue weighted by Gasteiger charge is 2.06. The van der Waals surface area contributed by atoms with Gasteiger partial charge in [-0.2, -0.15) is 0 Å². The summed E-state index contributed by atoms with van der Waals surface area (Å²) < 4.78 is 4.65. The number of carbonyl (C=O) groups is 2. The minimum absolute atomic E-state index is 0.167. The minimum Gasteiger partial charge on any atom is -0.508 e. The number of aromatic hydroxyl groups is 1. The molecule has 4 nitrogen and oxygen atoms in total. The molecule has 0 fully saturated rings. The molecule has 0 aliphatic rings. The van der Waals surface area contributed by atoms with Crippen LogP contribution in [0.4, 0.5) is 0 Å². The van der Waals surface area contributed by atoms with Crippen molar-refractivity contribution in [3.8, 4) is 5.75 Å². The van der Waals surface area contributed by atoms with Gasteiger partial charge in [0.1, 0.15) is 12.2 Å². The van der Waals surface area contributed by atoms with Gasteiger partial charge in [-0.3, -0.25) is 9.59 Å². The van der Waals surface area contributed by atoms with Crippen molar-refractivity contribution in [1.82, 2.24) is 0 Å². The quantitative estimate of drug-likeness (QED) is 0.480. The van der Waals surface area contributed by atoms with Gasteiger partial charge >= 0.3 is 5.97 Å². The zero-order valence-electron chi connectivity index (χ0n) is 9.55. The van der Waals surface area contributed by atoms with Crippen LogP contribution in [0.25, 0.3) is 6.08 Å². The Bertz CT molecular complexity index is 418. The maximum Gasteiger partial charge on any atom is 0.313 e. The molecule has 0 bridgehead atoms. The highest BCUT2D eigenvalue weighted by molar-refractivity contribution is 6.03. The van der Waals surface area contributed by atoms with Crippen LogP contribution in [0.3, 0.4) is 0 Å². The smallest absolute Gasteiger partial charge is 0.313 e. The Hall–Kier alpha value is -2.10. The third-order valence-corrected chi connectivity index (χ3v) is 1.98. The van der Waals surface area contributed by atoms with Gasteiger partial charge < -0.3 is 9.84 Å². The molecule has 1 aromatic carbocycles. The molecule has 0 saturated carbocycles. The van der Waals surface area contributed by atoms with E-state index in [1.54, 1.807) is 25.1 Å². The molecular weight excluding hydrogens is 220 g/mol. The largest absolute Gasteiger partial charge is 0.508 e. The van der Waals surface area contributed by atoms with Crippen molar-refractivity contribution in [2.45, 2.75) is 13.3 Å². The predicted octanol–water partition coefficient (Wildman–Crippen LogP) is 1.93. The summed E-state index contributed by atoms with van der Waals surface area (Å²) in [5.74, 6) is -0.663. The molecule has 0 atom stereocenters. The third kappa shape index (κ3) is 4.97. The molecule has 0 spiro atoms. The maximum absolute atomic E-state index is 11.3. The van der Waals surface area contributed by atoms with Crippen LogP contribution >= 0.6 is 0 Å². The van der Waals surface area contributed by atoms with Crippen LogP contribution in [-0.2, 0) is 14.3 Å². The Morgan fingerprint density at radius 1 is 1.29 bits per heavy atom. The van der Waals surface area contributed by atoms with Crippen LogP contribution in [-0.4, -0.2) is 23.5 Å². The molecule has 17 heavy (non-hydrogen) atoms. The standard InChI is InChI=1S/C13H14O4/c1-2-17-13(16)9-12(15)8-5-10-3-6-11(14)7-4-10/h3-8,14H,2,9H2,1H3. The maximum atomic E-state index is 11.3. The first kappa shape index (κ1) is 13.0. The molecule has 0 unspecified atom stereocenters. The zero-order valence-corrected chi connectivity index (χ0v) is 9.55. The van der Waals surface area contributed by atoms with E-state index in [1.165, 1.54) is 18.2 Å². The van der Waals surface area contributed by atoms with E-state index in [4.69, 9.17) is 5.11 Å². The SMILES string of the molecule is CCOC(=O)CC(=O)C=Cc1ccc(O)cc1. The molecule has 1 rings (SSSR count). The lowest BCUT2D eigenvalue weighted by Gasteiger charge is -1.98. The predicted molar refractivity (Wildman–Crippen MR) is 63.4 cm³/mol. The van der Waals surface area contributed by atoms with E-state index < -0.39 is 5.97 Å².